The Morgan fingerprint density at radius 1 is 1.18 bits per heavy atom. The van der Waals surface area contributed by atoms with Gasteiger partial charge in [0.25, 0.3) is 15.9 Å². The molecule has 1 amide bonds. The van der Waals surface area contributed by atoms with Crippen LogP contribution in [0.1, 0.15) is 42.6 Å². The molecule has 0 fully saturated rings. The molecule has 2 aromatic rings. The van der Waals surface area contributed by atoms with E-state index in [1.54, 1.807) is 0 Å². The maximum absolute atomic E-state index is 13.3. The van der Waals surface area contributed by atoms with Crippen LogP contribution in [0.15, 0.2) is 47.4 Å². The third-order valence-electron chi connectivity index (χ3n) is 5.17. The van der Waals surface area contributed by atoms with Gasteiger partial charge in [0.2, 0.25) is 0 Å². The molecule has 3 rings (SSSR count). The highest BCUT2D eigenvalue weighted by molar-refractivity contribution is 7.92. The molecule has 1 heterocycles. The van der Waals surface area contributed by atoms with E-state index in [1.165, 1.54) is 29.6 Å². The number of carbonyl (C=O) groups is 1. The van der Waals surface area contributed by atoms with Crippen LogP contribution in [0.25, 0.3) is 0 Å². The number of anilines is 1. The molecule has 1 N–H and O–H groups in total. The van der Waals surface area contributed by atoms with Crippen LogP contribution in [0, 0.1) is 0 Å². The van der Waals surface area contributed by atoms with E-state index in [0.717, 1.165) is 18.4 Å². The van der Waals surface area contributed by atoms with Crippen molar-refractivity contribution in [3.05, 3.63) is 53.6 Å². The molecule has 2 aromatic carbocycles. The monoisotopic (exact) mass is 402 g/mol. The predicted octanol–water partition coefficient (Wildman–Crippen LogP) is 3.37. The summed E-state index contributed by atoms with van der Waals surface area (Å²) in [5, 5.41) is 2.94. The minimum absolute atomic E-state index is 0.0305. The van der Waals surface area contributed by atoms with Crippen LogP contribution < -0.4 is 14.4 Å². The van der Waals surface area contributed by atoms with E-state index in [1.807, 2.05) is 38.1 Å². The minimum atomic E-state index is -3.77. The number of methoxy groups -OCH3 is 1. The smallest absolute Gasteiger partial charge is 0.264 e. The summed E-state index contributed by atoms with van der Waals surface area (Å²) in [5.74, 6) is 0.0219. The summed E-state index contributed by atoms with van der Waals surface area (Å²) in [6, 6.07) is 11.9. The van der Waals surface area contributed by atoms with Crippen molar-refractivity contribution in [2.24, 2.45) is 0 Å². The van der Waals surface area contributed by atoms with Crippen LogP contribution in [0.5, 0.6) is 5.75 Å². The number of rotatable bonds is 7. The third-order valence-corrected chi connectivity index (χ3v) is 6.98. The first-order chi connectivity index (χ1) is 13.4. The van der Waals surface area contributed by atoms with E-state index in [0.29, 0.717) is 24.4 Å². The Hall–Kier alpha value is -2.54. The number of para-hydroxylation sites is 1. The van der Waals surface area contributed by atoms with Gasteiger partial charge in [0.05, 0.1) is 23.3 Å². The lowest BCUT2D eigenvalue weighted by atomic mass is 10.1. The highest BCUT2D eigenvalue weighted by Crippen LogP contribution is 2.33. The Labute approximate surface area is 166 Å². The molecule has 150 valence electrons. The van der Waals surface area contributed by atoms with Crippen LogP contribution in [0.3, 0.4) is 0 Å². The Kier molecular flexibility index (Phi) is 5.93. The molecule has 0 aromatic heterocycles. The number of hydrogen-bond donors (Lipinski definition) is 1. The first-order valence-corrected chi connectivity index (χ1v) is 11.0. The molecule has 6 nitrogen and oxygen atoms in total. The van der Waals surface area contributed by atoms with Crippen LogP contribution in [0.4, 0.5) is 5.69 Å². The number of hydrogen-bond acceptors (Lipinski definition) is 4. The van der Waals surface area contributed by atoms with Crippen LogP contribution in [0.2, 0.25) is 0 Å². The van der Waals surface area contributed by atoms with Crippen LogP contribution in [-0.2, 0) is 16.4 Å². The molecule has 0 aliphatic carbocycles. The van der Waals surface area contributed by atoms with Gasteiger partial charge >= 0.3 is 0 Å². The SMILES string of the molecule is CCC(CC)NC(=O)c1cc(S(=O)(=O)N2CCc3ccccc32)ccc1OC. The Morgan fingerprint density at radius 2 is 1.89 bits per heavy atom. The first kappa shape index (κ1) is 20.2. The number of amides is 1. The number of carbonyl (C=O) groups excluding carboxylic acids is 1. The van der Waals surface area contributed by atoms with Crippen molar-refractivity contribution < 1.29 is 17.9 Å². The maximum atomic E-state index is 13.3. The van der Waals surface area contributed by atoms with Crippen molar-refractivity contribution in [3.63, 3.8) is 0 Å². The van der Waals surface area contributed by atoms with Crippen molar-refractivity contribution >= 4 is 21.6 Å². The highest BCUT2D eigenvalue weighted by atomic mass is 32.2. The zero-order chi connectivity index (χ0) is 20.3. The number of nitrogens with zero attached hydrogens (tertiary/aromatic N) is 1. The summed E-state index contributed by atoms with van der Waals surface area (Å²) in [6.45, 7) is 4.39. The van der Waals surface area contributed by atoms with Crippen molar-refractivity contribution in [3.8, 4) is 5.75 Å². The molecule has 0 saturated heterocycles. The van der Waals surface area contributed by atoms with Gasteiger partial charge in [-0.25, -0.2) is 8.42 Å². The molecule has 0 atom stereocenters. The van der Waals surface area contributed by atoms with E-state index in [4.69, 9.17) is 4.74 Å². The fourth-order valence-electron chi connectivity index (χ4n) is 3.47. The molecule has 0 saturated carbocycles. The molecule has 0 spiro atoms. The average Bonchev–Trinajstić information content (AvgIpc) is 3.16. The molecule has 0 bridgehead atoms. The summed E-state index contributed by atoms with van der Waals surface area (Å²) in [4.78, 5) is 12.8. The molecule has 1 aliphatic rings. The van der Waals surface area contributed by atoms with E-state index >= 15 is 0 Å². The number of ether oxygens (including phenoxy) is 1. The van der Waals surface area contributed by atoms with E-state index in [-0.39, 0.29) is 22.4 Å². The van der Waals surface area contributed by atoms with E-state index in [2.05, 4.69) is 5.32 Å². The predicted molar refractivity (Wildman–Crippen MR) is 110 cm³/mol. The summed E-state index contributed by atoms with van der Waals surface area (Å²) < 4.78 is 33.2. The lowest BCUT2D eigenvalue weighted by Crippen LogP contribution is -2.34. The van der Waals surface area contributed by atoms with Crippen molar-refractivity contribution in [1.29, 1.82) is 0 Å². The Morgan fingerprint density at radius 3 is 2.57 bits per heavy atom. The Balaban J connectivity index is 1.98. The van der Waals surface area contributed by atoms with E-state index < -0.39 is 10.0 Å². The highest BCUT2D eigenvalue weighted by Gasteiger charge is 2.31. The van der Waals surface area contributed by atoms with E-state index in [9.17, 15) is 13.2 Å². The summed E-state index contributed by atoms with van der Waals surface area (Å²) >= 11 is 0. The van der Waals surface area contributed by atoms with Crippen molar-refractivity contribution in [1.82, 2.24) is 5.32 Å². The van der Waals surface area contributed by atoms with Gasteiger partial charge < -0.3 is 10.1 Å². The third kappa shape index (κ3) is 3.71. The van der Waals surface area contributed by atoms with Gasteiger partial charge in [0.15, 0.2) is 0 Å². The van der Waals surface area contributed by atoms with Gasteiger partial charge in [-0.15, -0.1) is 0 Å². The second-order valence-electron chi connectivity index (χ2n) is 6.80. The van der Waals surface area contributed by atoms with Gasteiger partial charge in [0.1, 0.15) is 5.75 Å². The molecular weight excluding hydrogens is 376 g/mol. The van der Waals surface area contributed by atoms with Gasteiger partial charge in [-0.2, -0.15) is 0 Å². The second kappa shape index (κ2) is 8.22. The molecule has 7 heteroatoms. The van der Waals surface area contributed by atoms with Crippen LogP contribution in [-0.4, -0.2) is 34.0 Å². The number of fused-ring (bicyclic) bond motifs is 1. The number of nitrogens with one attached hydrogen (secondary N) is 1. The van der Waals surface area contributed by atoms with Crippen molar-refractivity contribution in [2.45, 2.75) is 44.0 Å². The lowest BCUT2D eigenvalue weighted by Gasteiger charge is -2.21. The van der Waals surface area contributed by atoms with Gasteiger partial charge in [-0.05, 0) is 49.1 Å². The quantitative estimate of drug-likeness (QED) is 0.770. The van der Waals surface area contributed by atoms with Crippen LogP contribution >= 0.6 is 0 Å². The Bertz CT molecular complexity index is 968. The zero-order valence-corrected chi connectivity index (χ0v) is 17.3. The number of sulfonamides is 1. The van der Waals surface area contributed by atoms with Gasteiger partial charge in [-0.3, -0.25) is 9.10 Å². The first-order valence-electron chi connectivity index (χ1n) is 9.51. The standard InChI is InChI=1S/C21H26N2O4S/c1-4-16(5-2)22-21(24)18-14-17(10-11-20(18)27-3)28(25,26)23-13-12-15-8-6-7-9-19(15)23/h6-11,14,16H,4-5,12-13H2,1-3H3,(H,22,24). The maximum Gasteiger partial charge on any atom is 0.264 e. The fourth-order valence-corrected chi connectivity index (χ4v) is 5.00. The molecule has 0 radical (unpaired) electrons. The molecular formula is C21H26N2O4S. The second-order valence-corrected chi connectivity index (χ2v) is 8.67. The zero-order valence-electron chi connectivity index (χ0n) is 16.4. The van der Waals surface area contributed by atoms with Crippen molar-refractivity contribution in [2.75, 3.05) is 18.0 Å². The van der Waals surface area contributed by atoms with Gasteiger partial charge in [-0.1, -0.05) is 32.0 Å². The summed E-state index contributed by atoms with van der Waals surface area (Å²) in [7, 11) is -2.31. The normalized spacial score (nSPS) is 13.5. The summed E-state index contributed by atoms with van der Waals surface area (Å²) in [6.07, 6.45) is 2.27. The topological polar surface area (TPSA) is 75.7 Å². The molecule has 1 aliphatic heterocycles. The fraction of sp³-hybridized carbons (Fsp3) is 0.381. The van der Waals surface area contributed by atoms with Gasteiger partial charge in [0, 0.05) is 12.6 Å². The lowest BCUT2D eigenvalue weighted by molar-refractivity contribution is 0.0931. The molecule has 0 unspecified atom stereocenters. The largest absolute Gasteiger partial charge is 0.496 e. The average molecular weight is 403 g/mol. The molecule has 28 heavy (non-hydrogen) atoms. The minimum Gasteiger partial charge on any atom is -0.496 e. The number of benzene rings is 2. The summed E-state index contributed by atoms with van der Waals surface area (Å²) in [5.41, 5.74) is 1.93.